The molecule has 3 N–H and O–H groups in total. The van der Waals surface area contributed by atoms with Crippen LogP contribution in [0.1, 0.15) is 45.0 Å². The van der Waals surface area contributed by atoms with Crippen molar-refractivity contribution < 1.29 is 0 Å². The molecule has 6 heteroatoms. The third kappa shape index (κ3) is 2.04. The molecule has 2 aromatic heterocycles. The Labute approximate surface area is 118 Å². The Morgan fingerprint density at radius 2 is 2.20 bits per heavy atom. The number of hydrogen-bond acceptors (Lipinski definition) is 5. The van der Waals surface area contributed by atoms with Crippen LogP contribution in [0.25, 0.3) is 11.0 Å². The minimum atomic E-state index is 0.262. The number of nitrogens with zero attached hydrogens (tertiary/aromatic N) is 4. The summed E-state index contributed by atoms with van der Waals surface area (Å²) in [4.78, 5) is 9.29. The van der Waals surface area contributed by atoms with Gasteiger partial charge in [-0.1, -0.05) is 13.3 Å². The number of rotatable bonds is 3. The SMILES string of the molecule is CC[C@@H]1CNC[C@H]1c1nc(N)c2cnn(C(C)C)c2n1. The maximum atomic E-state index is 6.10. The normalized spacial score (nSPS) is 23.0. The van der Waals surface area contributed by atoms with Gasteiger partial charge in [0.1, 0.15) is 11.6 Å². The number of fused-ring (bicyclic) bond motifs is 1. The zero-order valence-corrected chi connectivity index (χ0v) is 12.3. The van der Waals surface area contributed by atoms with Crippen molar-refractivity contribution in [3.05, 3.63) is 12.0 Å². The monoisotopic (exact) mass is 274 g/mol. The predicted molar refractivity (Wildman–Crippen MR) is 79.5 cm³/mol. The Bertz CT molecular complexity index is 617. The van der Waals surface area contributed by atoms with Gasteiger partial charge in [0.2, 0.25) is 0 Å². The average molecular weight is 274 g/mol. The standard InChI is InChI=1S/C14H22N6/c1-4-9-5-16-6-10(9)13-18-12(15)11-7-17-20(8(2)3)14(11)19-13/h7-10,16H,4-6H2,1-3H3,(H2,15,18,19)/t9-,10-/m1/s1. The Hall–Kier alpha value is -1.69. The van der Waals surface area contributed by atoms with Crippen LogP contribution in [0.2, 0.25) is 0 Å². The second-order valence-corrected chi connectivity index (χ2v) is 5.82. The van der Waals surface area contributed by atoms with E-state index in [1.807, 2.05) is 4.68 Å². The van der Waals surface area contributed by atoms with E-state index in [1.165, 1.54) is 0 Å². The molecule has 0 amide bonds. The molecule has 3 heterocycles. The van der Waals surface area contributed by atoms with Crippen molar-refractivity contribution >= 4 is 16.9 Å². The van der Waals surface area contributed by atoms with Crippen LogP contribution in [0.15, 0.2) is 6.20 Å². The molecule has 20 heavy (non-hydrogen) atoms. The molecule has 1 aliphatic heterocycles. The second-order valence-electron chi connectivity index (χ2n) is 5.82. The lowest BCUT2D eigenvalue weighted by molar-refractivity contribution is 0.484. The zero-order valence-electron chi connectivity index (χ0n) is 12.3. The summed E-state index contributed by atoms with van der Waals surface area (Å²) < 4.78 is 1.92. The molecule has 0 aliphatic carbocycles. The number of aromatic nitrogens is 4. The third-order valence-electron chi connectivity index (χ3n) is 4.19. The quantitative estimate of drug-likeness (QED) is 0.890. The minimum absolute atomic E-state index is 0.262. The highest BCUT2D eigenvalue weighted by Gasteiger charge is 2.30. The molecule has 1 saturated heterocycles. The topological polar surface area (TPSA) is 81.6 Å². The smallest absolute Gasteiger partial charge is 0.163 e. The van der Waals surface area contributed by atoms with E-state index in [0.29, 0.717) is 17.7 Å². The Balaban J connectivity index is 2.10. The number of anilines is 1. The van der Waals surface area contributed by atoms with Gasteiger partial charge in [-0.3, -0.25) is 0 Å². The lowest BCUT2D eigenvalue weighted by Crippen LogP contribution is -2.15. The molecule has 6 nitrogen and oxygen atoms in total. The van der Waals surface area contributed by atoms with Crippen LogP contribution < -0.4 is 11.1 Å². The Morgan fingerprint density at radius 1 is 1.40 bits per heavy atom. The molecule has 0 radical (unpaired) electrons. The van der Waals surface area contributed by atoms with Gasteiger partial charge in [0, 0.05) is 18.5 Å². The van der Waals surface area contributed by atoms with Crippen LogP contribution in [0, 0.1) is 5.92 Å². The van der Waals surface area contributed by atoms with Crippen molar-refractivity contribution in [2.75, 3.05) is 18.8 Å². The first-order valence-electron chi connectivity index (χ1n) is 7.33. The molecule has 2 aromatic rings. The van der Waals surface area contributed by atoms with Crippen molar-refractivity contribution in [2.45, 2.75) is 39.2 Å². The lowest BCUT2D eigenvalue weighted by atomic mass is 9.93. The number of nitrogens with two attached hydrogens (primary N) is 1. The highest BCUT2D eigenvalue weighted by molar-refractivity contribution is 5.85. The first kappa shape index (κ1) is 13.3. The molecule has 2 atom stereocenters. The molecule has 0 unspecified atom stereocenters. The van der Waals surface area contributed by atoms with Crippen molar-refractivity contribution in [1.29, 1.82) is 0 Å². The Morgan fingerprint density at radius 3 is 2.90 bits per heavy atom. The van der Waals surface area contributed by atoms with Gasteiger partial charge in [0.25, 0.3) is 0 Å². The summed E-state index contributed by atoms with van der Waals surface area (Å²) in [5.74, 6) is 2.33. The Kier molecular flexibility index (Phi) is 3.33. The maximum absolute atomic E-state index is 6.10. The van der Waals surface area contributed by atoms with E-state index in [1.54, 1.807) is 6.20 Å². The summed E-state index contributed by atoms with van der Waals surface area (Å²) in [6.45, 7) is 8.36. The van der Waals surface area contributed by atoms with Gasteiger partial charge in [-0.25, -0.2) is 14.6 Å². The lowest BCUT2D eigenvalue weighted by Gasteiger charge is -2.16. The van der Waals surface area contributed by atoms with Crippen molar-refractivity contribution in [3.63, 3.8) is 0 Å². The highest BCUT2D eigenvalue weighted by atomic mass is 15.3. The van der Waals surface area contributed by atoms with Gasteiger partial charge in [0.05, 0.1) is 11.6 Å². The number of hydrogen-bond donors (Lipinski definition) is 2. The van der Waals surface area contributed by atoms with E-state index in [4.69, 9.17) is 10.7 Å². The van der Waals surface area contributed by atoms with Crippen LogP contribution >= 0.6 is 0 Å². The molecule has 0 spiro atoms. The molecule has 3 rings (SSSR count). The fourth-order valence-electron chi connectivity index (χ4n) is 2.97. The molecule has 0 saturated carbocycles. The van der Waals surface area contributed by atoms with Crippen LogP contribution in [-0.4, -0.2) is 32.8 Å². The van der Waals surface area contributed by atoms with Gasteiger partial charge in [-0.2, -0.15) is 5.10 Å². The van der Waals surface area contributed by atoms with E-state index in [0.717, 1.165) is 36.4 Å². The van der Waals surface area contributed by atoms with Gasteiger partial charge in [0.15, 0.2) is 5.65 Å². The maximum Gasteiger partial charge on any atom is 0.163 e. The molecule has 0 aromatic carbocycles. The second kappa shape index (κ2) is 5.01. The first-order chi connectivity index (χ1) is 9.61. The summed E-state index contributed by atoms with van der Waals surface area (Å²) in [5.41, 5.74) is 6.95. The minimum Gasteiger partial charge on any atom is -0.383 e. The molecular weight excluding hydrogens is 252 g/mol. The predicted octanol–water partition coefficient (Wildman–Crippen LogP) is 1.70. The van der Waals surface area contributed by atoms with Gasteiger partial charge in [-0.15, -0.1) is 0 Å². The van der Waals surface area contributed by atoms with E-state index in [2.05, 4.69) is 36.2 Å². The number of nitrogen functional groups attached to an aromatic ring is 1. The van der Waals surface area contributed by atoms with Crippen molar-refractivity contribution in [3.8, 4) is 0 Å². The summed E-state index contributed by atoms with van der Waals surface area (Å²) in [6.07, 6.45) is 2.89. The molecule has 108 valence electrons. The summed E-state index contributed by atoms with van der Waals surface area (Å²) in [7, 11) is 0. The van der Waals surface area contributed by atoms with E-state index >= 15 is 0 Å². The van der Waals surface area contributed by atoms with E-state index in [9.17, 15) is 0 Å². The summed E-state index contributed by atoms with van der Waals surface area (Å²) in [5, 5.41) is 8.66. The molecule has 1 aliphatic rings. The summed E-state index contributed by atoms with van der Waals surface area (Å²) in [6, 6.07) is 0.262. The summed E-state index contributed by atoms with van der Waals surface area (Å²) >= 11 is 0. The third-order valence-corrected chi connectivity index (χ3v) is 4.19. The highest BCUT2D eigenvalue weighted by Crippen LogP contribution is 2.30. The fraction of sp³-hybridized carbons (Fsp3) is 0.643. The van der Waals surface area contributed by atoms with Crippen LogP contribution in [0.3, 0.4) is 0 Å². The first-order valence-corrected chi connectivity index (χ1v) is 7.33. The van der Waals surface area contributed by atoms with Crippen LogP contribution in [0.5, 0.6) is 0 Å². The van der Waals surface area contributed by atoms with Gasteiger partial charge >= 0.3 is 0 Å². The largest absolute Gasteiger partial charge is 0.383 e. The zero-order chi connectivity index (χ0) is 14.3. The van der Waals surface area contributed by atoms with Crippen molar-refractivity contribution in [1.82, 2.24) is 25.1 Å². The molecule has 1 fully saturated rings. The fourth-order valence-corrected chi connectivity index (χ4v) is 2.97. The average Bonchev–Trinajstić information content (AvgIpc) is 3.04. The van der Waals surface area contributed by atoms with Gasteiger partial charge in [-0.05, 0) is 26.3 Å². The molecular formula is C14H22N6. The van der Waals surface area contributed by atoms with Crippen LogP contribution in [-0.2, 0) is 0 Å². The van der Waals surface area contributed by atoms with Crippen LogP contribution in [0.4, 0.5) is 5.82 Å². The number of nitrogens with one attached hydrogen (secondary N) is 1. The van der Waals surface area contributed by atoms with E-state index in [-0.39, 0.29) is 6.04 Å². The van der Waals surface area contributed by atoms with Crippen molar-refractivity contribution in [2.24, 2.45) is 5.92 Å². The van der Waals surface area contributed by atoms with E-state index < -0.39 is 0 Å². The molecule has 0 bridgehead atoms. The van der Waals surface area contributed by atoms with Gasteiger partial charge < -0.3 is 11.1 Å².